The average molecular weight is 294 g/mol. The second-order valence-corrected chi connectivity index (χ2v) is 5.42. The Morgan fingerprint density at radius 3 is 2.41 bits per heavy atom. The third-order valence-corrected chi connectivity index (χ3v) is 3.70. The van der Waals surface area contributed by atoms with Crippen molar-refractivity contribution in [2.24, 2.45) is 0 Å². The smallest absolute Gasteiger partial charge is 0.336 e. The molecular formula is C20H22O2. The van der Waals surface area contributed by atoms with Crippen LogP contribution >= 0.6 is 0 Å². The van der Waals surface area contributed by atoms with Crippen LogP contribution in [0.2, 0.25) is 0 Å². The molecule has 2 nitrogen and oxygen atoms in total. The lowest BCUT2D eigenvalue weighted by molar-refractivity contribution is 0.0696. The number of aromatic carboxylic acids is 1. The number of aryl methyl sites for hydroxylation is 1. The minimum Gasteiger partial charge on any atom is -0.478 e. The summed E-state index contributed by atoms with van der Waals surface area (Å²) in [5.41, 5.74) is 3.49. The van der Waals surface area contributed by atoms with E-state index in [0.717, 1.165) is 17.5 Å². The van der Waals surface area contributed by atoms with E-state index < -0.39 is 5.97 Å². The van der Waals surface area contributed by atoms with Gasteiger partial charge in [0.2, 0.25) is 0 Å². The molecule has 0 saturated heterocycles. The van der Waals surface area contributed by atoms with Crippen molar-refractivity contribution in [1.82, 2.24) is 0 Å². The van der Waals surface area contributed by atoms with E-state index in [1.807, 2.05) is 24.3 Å². The van der Waals surface area contributed by atoms with Gasteiger partial charge in [0.1, 0.15) is 0 Å². The van der Waals surface area contributed by atoms with Crippen molar-refractivity contribution in [3.8, 4) is 0 Å². The molecule has 0 aliphatic carbocycles. The largest absolute Gasteiger partial charge is 0.478 e. The number of unbranched alkanes of at least 4 members (excludes halogenated alkanes) is 2. The average Bonchev–Trinajstić information content (AvgIpc) is 2.54. The lowest BCUT2D eigenvalue weighted by atomic mass is 10.0. The molecule has 2 heteroatoms. The highest BCUT2D eigenvalue weighted by molar-refractivity contribution is 5.93. The van der Waals surface area contributed by atoms with Crippen LogP contribution in [0.25, 0.3) is 12.2 Å². The van der Waals surface area contributed by atoms with E-state index in [1.165, 1.54) is 24.8 Å². The van der Waals surface area contributed by atoms with Crippen LogP contribution in [0.4, 0.5) is 0 Å². The highest BCUT2D eigenvalue weighted by Gasteiger charge is 2.05. The maximum atomic E-state index is 11.2. The molecule has 0 fully saturated rings. The van der Waals surface area contributed by atoms with Gasteiger partial charge in [0.25, 0.3) is 0 Å². The summed E-state index contributed by atoms with van der Waals surface area (Å²) in [6.07, 6.45) is 8.68. The molecule has 114 valence electrons. The lowest BCUT2D eigenvalue weighted by Crippen LogP contribution is -1.98. The minimum absolute atomic E-state index is 0.329. The van der Waals surface area contributed by atoms with E-state index in [0.29, 0.717) is 5.56 Å². The van der Waals surface area contributed by atoms with Gasteiger partial charge in [-0.3, -0.25) is 0 Å². The summed E-state index contributed by atoms with van der Waals surface area (Å²) >= 11 is 0. The third-order valence-electron chi connectivity index (χ3n) is 3.70. The van der Waals surface area contributed by atoms with Crippen LogP contribution in [0, 0.1) is 0 Å². The molecule has 0 aliphatic rings. The Labute approximate surface area is 132 Å². The van der Waals surface area contributed by atoms with Gasteiger partial charge in [-0.15, -0.1) is 0 Å². The van der Waals surface area contributed by atoms with Gasteiger partial charge in [-0.2, -0.15) is 0 Å². The Morgan fingerprint density at radius 2 is 1.73 bits per heavy atom. The van der Waals surface area contributed by atoms with E-state index in [-0.39, 0.29) is 0 Å². The van der Waals surface area contributed by atoms with E-state index in [2.05, 4.69) is 31.2 Å². The number of carbonyl (C=O) groups is 1. The number of hydrogen-bond donors (Lipinski definition) is 1. The summed E-state index contributed by atoms with van der Waals surface area (Å²) in [6.45, 7) is 2.21. The van der Waals surface area contributed by atoms with Crippen molar-refractivity contribution < 1.29 is 9.90 Å². The Morgan fingerprint density at radius 1 is 1.00 bits per heavy atom. The zero-order chi connectivity index (χ0) is 15.8. The summed E-state index contributed by atoms with van der Waals surface area (Å²) in [4.78, 5) is 11.2. The van der Waals surface area contributed by atoms with Gasteiger partial charge in [0.05, 0.1) is 5.56 Å². The first-order chi connectivity index (χ1) is 10.7. The summed E-state index contributed by atoms with van der Waals surface area (Å²) in [6, 6.07) is 15.5. The molecule has 0 atom stereocenters. The van der Waals surface area contributed by atoms with Gasteiger partial charge in [-0.25, -0.2) is 4.79 Å². The summed E-state index contributed by atoms with van der Waals surface area (Å²) in [5, 5.41) is 9.17. The van der Waals surface area contributed by atoms with Gasteiger partial charge >= 0.3 is 5.97 Å². The monoisotopic (exact) mass is 294 g/mol. The summed E-state index contributed by atoms with van der Waals surface area (Å²) < 4.78 is 0. The molecule has 0 aromatic heterocycles. The van der Waals surface area contributed by atoms with Crippen molar-refractivity contribution >= 4 is 18.1 Å². The van der Waals surface area contributed by atoms with E-state index in [1.54, 1.807) is 12.1 Å². The molecule has 2 aromatic carbocycles. The molecule has 0 heterocycles. The van der Waals surface area contributed by atoms with E-state index in [4.69, 9.17) is 5.11 Å². The second-order valence-electron chi connectivity index (χ2n) is 5.42. The van der Waals surface area contributed by atoms with Gasteiger partial charge < -0.3 is 5.11 Å². The normalized spacial score (nSPS) is 11.0. The molecule has 22 heavy (non-hydrogen) atoms. The zero-order valence-electron chi connectivity index (χ0n) is 13.0. The van der Waals surface area contributed by atoms with Crippen molar-refractivity contribution in [2.45, 2.75) is 32.6 Å². The Bertz CT molecular complexity index is 639. The quantitative estimate of drug-likeness (QED) is 0.556. The van der Waals surface area contributed by atoms with Crippen molar-refractivity contribution in [2.75, 3.05) is 0 Å². The standard InChI is InChI=1S/C20H22O2/c1-2-3-4-7-16-10-12-17(13-11-16)14-15-18-8-5-6-9-19(18)20(21)22/h5-6,8-15H,2-4,7H2,1H3,(H,21,22)/b15-14+. The fraction of sp³-hybridized carbons (Fsp3) is 0.250. The molecular weight excluding hydrogens is 272 g/mol. The van der Waals surface area contributed by atoms with Gasteiger partial charge in [0.15, 0.2) is 0 Å². The maximum Gasteiger partial charge on any atom is 0.336 e. The molecule has 0 radical (unpaired) electrons. The Hall–Kier alpha value is -2.35. The molecule has 0 aliphatic heterocycles. The van der Waals surface area contributed by atoms with Crippen LogP contribution in [0.1, 0.15) is 53.2 Å². The first-order valence-corrected chi connectivity index (χ1v) is 7.80. The molecule has 0 spiro atoms. The minimum atomic E-state index is -0.897. The second kappa shape index (κ2) is 8.18. The fourth-order valence-electron chi connectivity index (χ4n) is 2.40. The van der Waals surface area contributed by atoms with Crippen molar-refractivity contribution in [3.63, 3.8) is 0 Å². The lowest BCUT2D eigenvalue weighted by Gasteiger charge is -2.02. The number of hydrogen-bond acceptors (Lipinski definition) is 1. The molecule has 2 aromatic rings. The molecule has 0 amide bonds. The molecule has 2 rings (SSSR count). The van der Waals surface area contributed by atoms with E-state index in [9.17, 15) is 4.79 Å². The first kappa shape index (κ1) is 16.0. The number of carboxylic acids is 1. The number of carboxylic acid groups (broad SMARTS) is 1. The highest BCUT2D eigenvalue weighted by atomic mass is 16.4. The van der Waals surface area contributed by atoms with Crippen molar-refractivity contribution in [1.29, 1.82) is 0 Å². The summed E-state index contributed by atoms with van der Waals surface area (Å²) in [5.74, 6) is -0.897. The molecule has 0 bridgehead atoms. The molecule has 0 saturated carbocycles. The predicted molar refractivity (Wildman–Crippen MR) is 92.0 cm³/mol. The molecule has 0 unspecified atom stereocenters. The van der Waals surface area contributed by atoms with Crippen LogP contribution < -0.4 is 0 Å². The highest BCUT2D eigenvalue weighted by Crippen LogP contribution is 2.15. The zero-order valence-corrected chi connectivity index (χ0v) is 13.0. The van der Waals surface area contributed by atoms with Crippen LogP contribution in [0.15, 0.2) is 48.5 Å². The van der Waals surface area contributed by atoms with Crippen LogP contribution in [0.5, 0.6) is 0 Å². The van der Waals surface area contributed by atoms with Crippen LogP contribution in [0.3, 0.4) is 0 Å². The predicted octanol–water partition coefficient (Wildman–Crippen LogP) is 5.29. The molecule has 1 N–H and O–H groups in total. The van der Waals surface area contributed by atoms with Gasteiger partial charge in [-0.05, 0) is 35.6 Å². The van der Waals surface area contributed by atoms with E-state index >= 15 is 0 Å². The SMILES string of the molecule is CCCCCc1ccc(/C=C/c2ccccc2C(=O)O)cc1. The van der Waals surface area contributed by atoms with Crippen LogP contribution in [-0.2, 0) is 6.42 Å². The number of benzene rings is 2. The Kier molecular flexibility index (Phi) is 5.96. The third kappa shape index (κ3) is 4.59. The topological polar surface area (TPSA) is 37.3 Å². The van der Waals surface area contributed by atoms with Gasteiger partial charge in [-0.1, -0.05) is 74.4 Å². The Balaban J connectivity index is 2.06. The summed E-state index contributed by atoms with van der Waals surface area (Å²) in [7, 11) is 0. The maximum absolute atomic E-state index is 11.2. The van der Waals surface area contributed by atoms with Crippen LogP contribution in [-0.4, -0.2) is 11.1 Å². The fourth-order valence-corrected chi connectivity index (χ4v) is 2.40. The first-order valence-electron chi connectivity index (χ1n) is 7.80. The number of rotatable bonds is 7. The van der Waals surface area contributed by atoms with Crippen molar-refractivity contribution in [3.05, 3.63) is 70.8 Å². The van der Waals surface area contributed by atoms with Gasteiger partial charge in [0, 0.05) is 0 Å².